The summed E-state index contributed by atoms with van der Waals surface area (Å²) in [7, 11) is 0. The molecule has 0 bridgehead atoms. The van der Waals surface area contributed by atoms with E-state index in [4.69, 9.17) is 11.0 Å². The molecule has 1 aromatic heterocycles. The Morgan fingerprint density at radius 2 is 2.23 bits per heavy atom. The average molecular weight is 300 g/mol. The Balaban J connectivity index is 2.99. The van der Waals surface area contributed by atoms with Crippen LogP contribution < -0.4 is 5.73 Å². The van der Waals surface area contributed by atoms with E-state index in [2.05, 4.69) is 28.7 Å². The zero-order chi connectivity index (χ0) is 9.42. The minimum Gasteiger partial charge on any atom is -0.398 e. The fourth-order valence-corrected chi connectivity index (χ4v) is 2.95. The Morgan fingerprint density at radius 3 is 2.92 bits per heavy atom. The molecule has 64 valence electrons. The normalized spacial score (nSPS) is 10.2. The van der Waals surface area contributed by atoms with Crippen molar-refractivity contribution in [3.05, 3.63) is 26.6 Å². The van der Waals surface area contributed by atoms with Crippen molar-refractivity contribution in [1.82, 2.24) is 0 Å². The maximum absolute atomic E-state index is 8.87. The lowest BCUT2D eigenvalue weighted by molar-refractivity contribution is 1.50. The van der Waals surface area contributed by atoms with Crippen LogP contribution in [0.4, 0.5) is 5.69 Å². The van der Waals surface area contributed by atoms with Crippen LogP contribution in [0.2, 0.25) is 0 Å². The monoisotopic (exact) mass is 300 g/mol. The number of hydrogen-bond donors (Lipinski definition) is 1. The third kappa shape index (κ3) is 1.28. The highest BCUT2D eigenvalue weighted by Gasteiger charge is 2.08. The Bertz CT molecular complexity index is 510. The van der Waals surface area contributed by atoms with Crippen molar-refractivity contribution < 1.29 is 0 Å². The Kier molecular flexibility index (Phi) is 2.14. The van der Waals surface area contributed by atoms with Gasteiger partial charge in [-0.15, -0.1) is 11.3 Å². The van der Waals surface area contributed by atoms with Crippen molar-refractivity contribution in [2.75, 3.05) is 5.73 Å². The van der Waals surface area contributed by atoms with Gasteiger partial charge in [0.15, 0.2) is 0 Å². The van der Waals surface area contributed by atoms with Gasteiger partial charge in [0.1, 0.15) is 0 Å². The molecule has 1 heterocycles. The van der Waals surface area contributed by atoms with Gasteiger partial charge in [-0.05, 0) is 34.7 Å². The van der Waals surface area contributed by atoms with Crippen molar-refractivity contribution in [2.45, 2.75) is 0 Å². The number of halogens is 1. The topological polar surface area (TPSA) is 49.8 Å². The molecule has 0 amide bonds. The number of thiophene rings is 1. The zero-order valence-corrected chi connectivity index (χ0v) is 9.52. The first-order valence-electron chi connectivity index (χ1n) is 3.59. The first kappa shape index (κ1) is 8.78. The van der Waals surface area contributed by atoms with Gasteiger partial charge < -0.3 is 5.73 Å². The molecule has 0 radical (unpaired) electrons. The highest BCUT2D eigenvalue weighted by atomic mass is 127. The van der Waals surface area contributed by atoms with Crippen LogP contribution in [0.5, 0.6) is 0 Å². The summed E-state index contributed by atoms with van der Waals surface area (Å²) in [6.07, 6.45) is 0. The molecule has 2 nitrogen and oxygen atoms in total. The lowest BCUT2D eigenvalue weighted by Gasteiger charge is -1.96. The molecular formula is C9H5IN2S. The van der Waals surface area contributed by atoms with Crippen LogP contribution in [0.15, 0.2) is 17.5 Å². The van der Waals surface area contributed by atoms with Crippen LogP contribution in [-0.4, -0.2) is 0 Å². The fraction of sp³-hybridized carbons (Fsp3) is 0. The Morgan fingerprint density at radius 1 is 1.46 bits per heavy atom. The molecule has 0 aliphatic rings. The smallest absolute Gasteiger partial charge is 0.0999 e. The second kappa shape index (κ2) is 3.16. The first-order valence-corrected chi connectivity index (χ1v) is 5.55. The van der Waals surface area contributed by atoms with E-state index in [1.807, 2.05) is 17.5 Å². The van der Waals surface area contributed by atoms with Crippen molar-refractivity contribution >= 4 is 49.7 Å². The maximum Gasteiger partial charge on any atom is 0.0999 e. The molecule has 0 fully saturated rings. The molecule has 0 saturated carbocycles. The van der Waals surface area contributed by atoms with Crippen LogP contribution in [-0.2, 0) is 0 Å². The zero-order valence-electron chi connectivity index (χ0n) is 6.54. The second-order valence-electron chi connectivity index (χ2n) is 2.60. The van der Waals surface area contributed by atoms with Crippen molar-refractivity contribution in [3.63, 3.8) is 0 Å². The number of fused-ring (bicyclic) bond motifs is 1. The summed E-state index contributed by atoms with van der Waals surface area (Å²) in [5, 5.41) is 11.7. The van der Waals surface area contributed by atoms with Crippen LogP contribution in [0.1, 0.15) is 5.56 Å². The van der Waals surface area contributed by atoms with Gasteiger partial charge in [-0.3, -0.25) is 0 Å². The number of rotatable bonds is 0. The molecule has 2 rings (SSSR count). The Labute approximate surface area is 93.1 Å². The van der Waals surface area contributed by atoms with Crippen molar-refractivity contribution in [3.8, 4) is 6.07 Å². The highest BCUT2D eigenvalue weighted by molar-refractivity contribution is 14.1. The molecule has 13 heavy (non-hydrogen) atoms. The minimum absolute atomic E-state index is 0.661. The van der Waals surface area contributed by atoms with Crippen LogP contribution in [0, 0.1) is 14.9 Å². The van der Waals surface area contributed by atoms with Gasteiger partial charge >= 0.3 is 0 Å². The Hall–Kier alpha value is -0.800. The third-order valence-electron chi connectivity index (χ3n) is 1.82. The van der Waals surface area contributed by atoms with Crippen molar-refractivity contribution in [2.24, 2.45) is 0 Å². The molecule has 0 unspecified atom stereocenters. The van der Waals surface area contributed by atoms with E-state index in [1.54, 1.807) is 11.3 Å². The standard InChI is InChI=1S/C9H5IN2S/c10-6-2-1-5(3-11)8-7(12)4-13-9(6)8/h1-2,4H,12H2. The van der Waals surface area contributed by atoms with E-state index in [-0.39, 0.29) is 0 Å². The number of hydrogen-bond acceptors (Lipinski definition) is 3. The molecule has 1 aromatic carbocycles. The van der Waals surface area contributed by atoms with Gasteiger partial charge in [0, 0.05) is 14.3 Å². The fourth-order valence-electron chi connectivity index (χ4n) is 1.23. The van der Waals surface area contributed by atoms with Gasteiger partial charge in [-0.1, -0.05) is 0 Å². The molecular weight excluding hydrogens is 295 g/mol. The van der Waals surface area contributed by atoms with Gasteiger partial charge in [-0.25, -0.2) is 0 Å². The van der Waals surface area contributed by atoms with E-state index < -0.39 is 0 Å². The van der Waals surface area contributed by atoms with Crippen molar-refractivity contribution in [1.29, 1.82) is 5.26 Å². The molecule has 0 saturated heterocycles. The van der Waals surface area contributed by atoms with Gasteiger partial charge in [-0.2, -0.15) is 5.26 Å². The van der Waals surface area contributed by atoms with Gasteiger partial charge in [0.05, 0.1) is 22.0 Å². The molecule has 0 atom stereocenters. The number of nitrogen functional groups attached to an aromatic ring is 1. The second-order valence-corrected chi connectivity index (χ2v) is 4.64. The summed E-state index contributed by atoms with van der Waals surface area (Å²) in [5.41, 5.74) is 7.14. The third-order valence-corrected chi connectivity index (χ3v) is 4.12. The number of nitrogens with zero attached hydrogens (tertiary/aromatic N) is 1. The summed E-state index contributed by atoms with van der Waals surface area (Å²) in [6.45, 7) is 0. The lowest BCUT2D eigenvalue weighted by atomic mass is 10.1. The summed E-state index contributed by atoms with van der Waals surface area (Å²) in [6, 6.07) is 5.90. The summed E-state index contributed by atoms with van der Waals surface area (Å²) in [4.78, 5) is 0. The van der Waals surface area contributed by atoms with E-state index in [9.17, 15) is 0 Å². The molecule has 0 aliphatic carbocycles. The highest BCUT2D eigenvalue weighted by Crippen LogP contribution is 2.33. The molecule has 0 spiro atoms. The number of anilines is 1. The predicted octanol–water partition coefficient (Wildman–Crippen LogP) is 2.96. The van der Waals surface area contributed by atoms with Crippen LogP contribution in [0.3, 0.4) is 0 Å². The average Bonchev–Trinajstić information content (AvgIpc) is 2.51. The quantitative estimate of drug-likeness (QED) is 0.760. The molecule has 0 aliphatic heterocycles. The molecule has 4 heteroatoms. The van der Waals surface area contributed by atoms with E-state index >= 15 is 0 Å². The maximum atomic E-state index is 8.87. The first-order chi connectivity index (χ1) is 6.24. The minimum atomic E-state index is 0.661. The van der Waals surface area contributed by atoms with E-state index in [0.717, 1.165) is 13.7 Å². The summed E-state index contributed by atoms with van der Waals surface area (Å²) in [5.74, 6) is 0. The van der Waals surface area contributed by atoms with Crippen LogP contribution in [0.25, 0.3) is 10.1 Å². The summed E-state index contributed by atoms with van der Waals surface area (Å²) >= 11 is 3.84. The predicted molar refractivity (Wildman–Crippen MR) is 63.7 cm³/mol. The largest absolute Gasteiger partial charge is 0.398 e. The van der Waals surface area contributed by atoms with Crippen LogP contribution >= 0.6 is 33.9 Å². The number of nitrogens with two attached hydrogens (primary N) is 1. The molecule has 2 aromatic rings. The number of benzene rings is 1. The lowest BCUT2D eigenvalue weighted by Crippen LogP contribution is -1.85. The van der Waals surface area contributed by atoms with Gasteiger partial charge in [0.2, 0.25) is 0 Å². The molecule has 2 N–H and O–H groups in total. The van der Waals surface area contributed by atoms with E-state index in [0.29, 0.717) is 11.3 Å². The SMILES string of the molecule is N#Cc1ccc(I)c2scc(N)c12. The summed E-state index contributed by atoms with van der Waals surface area (Å²) < 4.78 is 2.26. The van der Waals surface area contributed by atoms with E-state index in [1.165, 1.54) is 0 Å². The number of nitriles is 1. The van der Waals surface area contributed by atoms with Gasteiger partial charge in [0.25, 0.3) is 0 Å².